The number of rotatable bonds is 3. The van der Waals surface area contributed by atoms with Crippen molar-refractivity contribution in [3.8, 4) is 0 Å². The van der Waals surface area contributed by atoms with E-state index in [1.807, 2.05) is 11.4 Å². The SMILES string of the molecule is NNc1nc(Sc2ncns2)c2ccsc2n1. The number of fused-ring (bicyclic) bond motifs is 1. The van der Waals surface area contributed by atoms with Gasteiger partial charge in [0.2, 0.25) is 5.95 Å². The Labute approximate surface area is 108 Å². The number of hydrazine groups is 1. The van der Waals surface area contributed by atoms with Crippen LogP contribution < -0.4 is 11.3 Å². The second-order valence-corrected chi connectivity index (χ2v) is 5.86. The lowest BCUT2D eigenvalue weighted by atomic mass is 10.4. The van der Waals surface area contributed by atoms with Gasteiger partial charge in [-0.2, -0.15) is 4.37 Å². The van der Waals surface area contributed by atoms with Crippen LogP contribution in [0.25, 0.3) is 10.2 Å². The molecule has 3 aromatic rings. The fourth-order valence-corrected chi connectivity index (χ4v) is 3.56. The van der Waals surface area contributed by atoms with Crippen LogP contribution in [0.15, 0.2) is 27.1 Å². The number of nitrogens with one attached hydrogen (secondary N) is 1. The van der Waals surface area contributed by atoms with Crippen LogP contribution in [0.3, 0.4) is 0 Å². The predicted molar refractivity (Wildman–Crippen MR) is 69.3 cm³/mol. The Kier molecular flexibility index (Phi) is 2.89. The van der Waals surface area contributed by atoms with Gasteiger partial charge in [-0.25, -0.2) is 20.8 Å². The van der Waals surface area contributed by atoms with E-state index < -0.39 is 0 Å². The minimum atomic E-state index is 0.409. The number of aromatic nitrogens is 4. The number of hydrogen-bond acceptors (Lipinski definition) is 9. The number of nitrogens with two attached hydrogens (primary N) is 1. The maximum atomic E-state index is 5.35. The third-order valence-corrected chi connectivity index (χ3v) is 4.47. The molecule has 3 heterocycles. The number of hydrogen-bond donors (Lipinski definition) is 2. The third-order valence-electron chi connectivity index (χ3n) is 1.94. The standard InChI is InChI=1S/C8H6N6S3/c9-14-7-12-5-4(1-2-15-5)6(13-7)16-8-10-3-11-17-8/h1-3H,9H2,(H,12,13,14). The second kappa shape index (κ2) is 4.53. The van der Waals surface area contributed by atoms with Crippen LogP contribution in [-0.4, -0.2) is 19.3 Å². The molecule has 0 spiro atoms. The van der Waals surface area contributed by atoms with E-state index in [0.29, 0.717) is 5.95 Å². The zero-order valence-corrected chi connectivity index (χ0v) is 10.8. The number of anilines is 1. The summed E-state index contributed by atoms with van der Waals surface area (Å²) in [6, 6.07) is 1.99. The third kappa shape index (κ3) is 2.09. The van der Waals surface area contributed by atoms with E-state index in [1.165, 1.54) is 29.6 Å². The fourth-order valence-electron chi connectivity index (χ4n) is 1.26. The first-order valence-corrected chi connectivity index (χ1v) is 7.00. The zero-order chi connectivity index (χ0) is 11.7. The van der Waals surface area contributed by atoms with Gasteiger partial charge in [0.15, 0.2) is 4.34 Å². The van der Waals surface area contributed by atoms with Crippen molar-refractivity contribution < 1.29 is 0 Å². The minimum absolute atomic E-state index is 0.409. The summed E-state index contributed by atoms with van der Waals surface area (Å²) in [5, 5.41) is 3.82. The highest BCUT2D eigenvalue weighted by Gasteiger charge is 2.11. The van der Waals surface area contributed by atoms with E-state index in [0.717, 1.165) is 19.6 Å². The van der Waals surface area contributed by atoms with E-state index in [4.69, 9.17) is 5.84 Å². The van der Waals surface area contributed by atoms with Crippen molar-refractivity contribution in [1.29, 1.82) is 0 Å². The van der Waals surface area contributed by atoms with Crippen molar-refractivity contribution in [3.05, 3.63) is 17.8 Å². The lowest BCUT2D eigenvalue weighted by Crippen LogP contribution is -2.10. The molecule has 3 rings (SSSR count). The van der Waals surface area contributed by atoms with Crippen LogP contribution in [0.5, 0.6) is 0 Å². The van der Waals surface area contributed by atoms with Gasteiger partial charge in [0, 0.05) is 5.39 Å². The van der Waals surface area contributed by atoms with Gasteiger partial charge in [-0.3, -0.25) is 5.43 Å². The lowest BCUT2D eigenvalue weighted by Gasteiger charge is -2.02. The van der Waals surface area contributed by atoms with Crippen LogP contribution in [0.4, 0.5) is 5.95 Å². The summed E-state index contributed by atoms with van der Waals surface area (Å²) in [6.07, 6.45) is 1.53. The Morgan fingerprint density at radius 1 is 1.35 bits per heavy atom. The van der Waals surface area contributed by atoms with Crippen molar-refractivity contribution in [2.75, 3.05) is 5.43 Å². The average molecular weight is 282 g/mol. The molecule has 86 valence electrons. The summed E-state index contributed by atoms with van der Waals surface area (Å²) >= 11 is 4.35. The summed E-state index contributed by atoms with van der Waals surface area (Å²) in [5.74, 6) is 5.76. The number of nitrogen functional groups attached to an aromatic ring is 1. The highest BCUT2D eigenvalue weighted by molar-refractivity contribution is 8.01. The van der Waals surface area contributed by atoms with Gasteiger partial charge in [-0.05, 0) is 34.7 Å². The van der Waals surface area contributed by atoms with Crippen molar-refractivity contribution >= 4 is 50.8 Å². The Balaban J connectivity index is 2.10. The Morgan fingerprint density at radius 2 is 2.29 bits per heavy atom. The first kappa shape index (κ1) is 10.8. The normalized spacial score (nSPS) is 10.9. The predicted octanol–water partition coefficient (Wildman–Crippen LogP) is 1.98. The molecule has 6 nitrogen and oxygen atoms in total. The van der Waals surface area contributed by atoms with Crippen molar-refractivity contribution in [2.45, 2.75) is 9.37 Å². The summed E-state index contributed by atoms with van der Waals surface area (Å²) in [5.41, 5.74) is 2.47. The smallest absolute Gasteiger partial charge is 0.239 e. The average Bonchev–Trinajstić information content (AvgIpc) is 2.98. The molecule has 0 aromatic carbocycles. The van der Waals surface area contributed by atoms with Crippen LogP contribution in [0, 0.1) is 0 Å². The van der Waals surface area contributed by atoms with Gasteiger partial charge >= 0.3 is 0 Å². The van der Waals surface area contributed by atoms with E-state index in [-0.39, 0.29) is 0 Å². The quantitative estimate of drug-likeness (QED) is 0.431. The Bertz CT molecular complexity index is 634. The summed E-state index contributed by atoms with van der Waals surface area (Å²) in [4.78, 5) is 13.6. The van der Waals surface area contributed by atoms with E-state index in [9.17, 15) is 0 Å². The molecule has 0 saturated carbocycles. The molecule has 0 atom stereocenters. The molecule has 0 bridgehead atoms. The summed E-state index contributed by atoms with van der Waals surface area (Å²) in [6.45, 7) is 0. The first-order chi connectivity index (χ1) is 8.36. The maximum Gasteiger partial charge on any atom is 0.239 e. The fraction of sp³-hybridized carbons (Fsp3) is 0. The summed E-state index contributed by atoms with van der Waals surface area (Å²) < 4.78 is 4.80. The van der Waals surface area contributed by atoms with E-state index in [2.05, 4.69) is 24.8 Å². The highest BCUT2D eigenvalue weighted by Crippen LogP contribution is 2.34. The molecule has 0 amide bonds. The molecule has 0 aliphatic heterocycles. The van der Waals surface area contributed by atoms with Crippen LogP contribution in [0.2, 0.25) is 0 Å². The monoisotopic (exact) mass is 282 g/mol. The number of nitrogens with zero attached hydrogens (tertiary/aromatic N) is 4. The van der Waals surface area contributed by atoms with E-state index >= 15 is 0 Å². The first-order valence-electron chi connectivity index (χ1n) is 4.53. The Hall–Kier alpha value is -1.29. The highest BCUT2D eigenvalue weighted by atomic mass is 32.2. The van der Waals surface area contributed by atoms with Crippen molar-refractivity contribution in [1.82, 2.24) is 19.3 Å². The molecular weight excluding hydrogens is 276 g/mol. The van der Waals surface area contributed by atoms with Crippen LogP contribution in [-0.2, 0) is 0 Å². The lowest BCUT2D eigenvalue weighted by molar-refractivity contribution is 1.07. The van der Waals surface area contributed by atoms with Crippen LogP contribution in [0.1, 0.15) is 0 Å². The maximum absolute atomic E-state index is 5.35. The molecule has 3 aromatic heterocycles. The van der Waals surface area contributed by atoms with Gasteiger partial charge < -0.3 is 0 Å². The molecular formula is C8H6N6S3. The minimum Gasteiger partial charge on any atom is -0.292 e. The molecule has 0 radical (unpaired) electrons. The topological polar surface area (TPSA) is 89.6 Å². The zero-order valence-electron chi connectivity index (χ0n) is 8.32. The van der Waals surface area contributed by atoms with Crippen molar-refractivity contribution in [3.63, 3.8) is 0 Å². The second-order valence-electron chi connectivity index (χ2n) is 2.95. The van der Waals surface area contributed by atoms with E-state index in [1.54, 1.807) is 11.3 Å². The molecule has 17 heavy (non-hydrogen) atoms. The van der Waals surface area contributed by atoms with Crippen molar-refractivity contribution in [2.24, 2.45) is 5.84 Å². The van der Waals surface area contributed by atoms with Crippen LogP contribution >= 0.6 is 34.6 Å². The molecule has 0 saturated heterocycles. The number of thiophene rings is 1. The molecule has 0 aliphatic rings. The van der Waals surface area contributed by atoms with Gasteiger partial charge in [0.05, 0.1) is 0 Å². The largest absolute Gasteiger partial charge is 0.292 e. The molecule has 3 N–H and O–H groups in total. The van der Waals surface area contributed by atoms with Gasteiger partial charge in [-0.1, -0.05) is 0 Å². The summed E-state index contributed by atoms with van der Waals surface area (Å²) in [7, 11) is 0. The molecule has 9 heteroatoms. The Morgan fingerprint density at radius 3 is 3.06 bits per heavy atom. The molecule has 0 unspecified atom stereocenters. The van der Waals surface area contributed by atoms with Gasteiger partial charge in [0.25, 0.3) is 0 Å². The van der Waals surface area contributed by atoms with Gasteiger partial charge in [0.1, 0.15) is 16.2 Å². The molecule has 0 aliphatic carbocycles. The van der Waals surface area contributed by atoms with Gasteiger partial charge in [-0.15, -0.1) is 11.3 Å². The molecule has 0 fully saturated rings.